The predicted octanol–water partition coefficient (Wildman–Crippen LogP) is -3.20. The number of nitrogens with zero attached hydrogens (tertiary/aromatic N) is 2. The topological polar surface area (TPSA) is 619 Å². The highest BCUT2D eigenvalue weighted by Crippen LogP contribution is 2.16. The van der Waals surface area contributed by atoms with E-state index in [4.69, 9.17) is 22.9 Å². The molecule has 14 amide bonds. The molecule has 614 valence electrons. The smallest absolute Gasteiger partial charge is 0.305 e. The molecule has 0 unspecified atom stereocenters. The fourth-order valence-electron chi connectivity index (χ4n) is 11.5. The summed E-state index contributed by atoms with van der Waals surface area (Å²) in [6.07, 6.45) is 2.06. The Balaban J connectivity index is 1.62. The van der Waals surface area contributed by atoms with Gasteiger partial charge in [-0.05, 0) is 86.8 Å². The summed E-state index contributed by atoms with van der Waals surface area (Å²) in [5, 5.41) is 50.0. The molecule has 0 bridgehead atoms. The number of H-pyrrole nitrogens is 2. The van der Waals surface area contributed by atoms with Crippen molar-refractivity contribution in [3.8, 4) is 0 Å². The Kier molecular flexibility index (Phi) is 38.7. The summed E-state index contributed by atoms with van der Waals surface area (Å²) in [6, 6.07) is -2.49. The first-order valence-electron chi connectivity index (χ1n) is 37.0. The third-order valence-electron chi connectivity index (χ3n) is 17.9. The molecule has 38 heteroatoms. The molecule has 38 nitrogen and oxygen atoms in total. The van der Waals surface area contributed by atoms with Crippen molar-refractivity contribution in [1.29, 1.82) is 0 Å². The summed E-state index contributed by atoms with van der Waals surface area (Å²) in [7, 11) is 0. The number of carbonyl (C=O) groups excluding carboxylic acids is 14. The normalized spacial score (nSPS) is 14.7. The molecule has 0 aliphatic heterocycles. The van der Waals surface area contributed by atoms with Crippen molar-refractivity contribution in [2.75, 3.05) is 6.54 Å². The predicted molar refractivity (Wildman–Crippen MR) is 405 cm³/mol. The van der Waals surface area contributed by atoms with Crippen LogP contribution in [0.1, 0.15) is 143 Å². The van der Waals surface area contributed by atoms with Crippen LogP contribution in [-0.2, 0) is 102 Å². The quantitative estimate of drug-likeness (QED) is 0.0194. The average Bonchev–Trinajstić information content (AvgIpc) is 1.72. The Bertz CT molecular complexity index is 3810. The molecular weight excluding hydrogens is 1460 g/mol. The summed E-state index contributed by atoms with van der Waals surface area (Å²) in [5.74, 6) is -18.1. The fraction of sp³-hybridized carbons (Fsp3) is 0.541. The van der Waals surface area contributed by atoms with E-state index in [2.05, 4.69) is 83.7 Å². The van der Waals surface area contributed by atoms with Crippen LogP contribution in [0.2, 0.25) is 0 Å². The molecule has 0 aliphatic carbocycles. The zero-order chi connectivity index (χ0) is 83.5. The van der Waals surface area contributed by atoms with E-state index in [1.54, 1.807) is 116 Å². The maximum atomic E-state index is 14.9. The van der Waals surface area contributed by atoms with Crippen LogP contribution in [-0.4, -0.2) is 210 Å². The van der Waals surface area contributed by atoms with Crippen LogP contribution in [0.3, 0.4) is 0 Å². The summed E-state index contributed by atoms with van der Waals surface area (Å²) in [6.45, 7) is 14.6. The molecule has 0 fully saturated rings. The van der Waals surface area contributed by atoms with Gasteiger partial charge in [-0.1, -0.05) is 116 Å². The van der Waals surface area contributed by atoms with Crippen LogP contribution in [0.5, 0.6) is 0 Å². The standard InChI is InChI=1S/C74H110N20O18/c1-38(2)28-50(87-64(102)47(22-16-17-27-75)85-65(103)48(23-25-56(76)95)86-69(107)53(31-45-34-79-36-81-45)89-70(108)54(32-46-35-80-37-82-46)91-73(111)59(77)39(3)4)71(109)94-61(41(7)8)74(112)92-52(30-44-20-14-11-15-21-44)68(106)88-51(29-43-18-12-10-13-19-43)67(105)83-42(9)63(101)84-49(24-26-57(96)97)66(104)90-55(33-58(98)99)72(110)93-60(40(5)6)62(78)100/h10-15,18-21,34-42,47-55,59-61H,16-17,22-33,75,77H2,1-9H3,(H2,76,95)(H2,78,100)(H,79,81)(H,80,82)(H,83,105)(H,84,101)(H,85,103)(H,86,107)(H,87,102)(H,88,106)(H,89,108)(H,90,104)(H,91,111)(H,92,112)(H,93,110)(H,94,109)(H,96,97)(H,98,99)/t42-,47-,48-,49-,50-,51-,52-,53-,54-,55-,59-,60-,61-/m0/s1. The number of nitrogens with one attached hydrogen (secondary N) is 14. The van der Waals surface area contributed by atoms with Crippen LogP contribution in [0, 0.1) is 23.7 Å². The molecule has 4 rings (SSSR count). The zero-order valence-electron chi connectivity index (χ0n) is 64.4. The summed E-state index contributed by atoms with van der Waals surface area (Å²) < 4.78 is 0. The van der Waals surface area contributed by atoms with Gasteiger partial charge >= 0.3 is 11.9 Å². The number of carbonyl (C=O) groups is 16. The number of amides is 14. The van der Waals surface area contributed by atoms with Gasteiger partial charge in [-0.25, -0.2) is 9.97 Å². The van der Waals surface area contributed by atoms with Crippen molar-refractivity contribution < 1.29 is 86.9 Å². The van der Waals surface area contributed by atoms with Gasteiger partial charge in [0, 0.05) is 62.3 Å². The number of aromatic nitrogens is 4. The summed E-state index contributed by atoms with van der Waals surface area (Å²) in [4.78, 5) is 233. The Hall–Kier alpha value is -11.7. The van der Waals surface area contributed by atoms with Gasteiger partial charge in [0.05, 0.1) is 25.1 Å². The molecule has 2 heterocycles. The lowest BCUT2D eigenvalue weighted by atomic mass is 9.98. The lowest BCUT2D eigenvalue weighted by molar-refractivity contribution is -0.141. The number of aliphatic carboxylic acids is 2. The highest BCUT2D eigenvalue weighted by molar-refractivity contribution is 6.00. The Labute approximate surface area is 648 Å². The van der Waals surface area contributed by atoms with Crippen LogP contribution in [0.4, 0.5) is 0 Å². The number of rotatable bonds is 50. The van der Waals surface area contributed by atoms with Crippen LogP contribution < -0.4 is 86.7 Å². The van der Waals surface area contributed by atoms with Crippen LogP contribution in [0.25, 0.3) is 0 Å². The number of hydrogen-bond acceptors (Lipinski definition) is 20. The molecule has 4 aromatic rings. The Morgan fingerprint density at radius 3 is 1.18 bits per heavy atom. The number of carboxylic acids is 2. The summed E-state index contributed by atoms with van der Waals surface area (Å²) in [5.41, 5.74) is 24.8. The van der Waals surface area contributed by atoms with E-state index >= 15 is 0 Å². The monoisotopic (exact) mass is 1570 g/mol. The van der Waals surface area contributed by atoms with Gasteiger partial charge in [0.2, 0.25) is 82.7 Å². The Morgan fingerprint density at radius 2 is 0.768 bits per heavy atom. The minimum Gasteiger partial charge on any atom is -0.481 e. The number of hydrogen-bond donors (Lipinski definition) is 20. The summed E-state index contributed by atoms with van der Waals surface area (Å²) >= 11 is 0. The first kappa shape index (κ1) is 92.7. The highest BCUT2D eigenvalue weighted by atomic mass is 16.4. The van der Waals surface area contributed by atoms with E-state index < -0.39 is 217 Å². The van der Waals surface area contributed by atoms with Gasteiger partial charge in [-0.2, -0.15) is 0 Å². The maximum absolute atomic E-state index is 14.9. The second-order valence-electron chi connectivity index (χ2n) is 28.8. The third kappa shape index (κ3) is 32.5. The van der Waals surface area contributed by atoms with Gasteiger partial charge in [0.15, 0.2) is 0 Å². The first-order valence-corrected chi connectivity index (χ1v) is 37.0. The number of benzene rings is 2. The SMILES string of the molecule is CC(C)C[C@H](NC(=O)[C@H](CCCCN)NC(=O)[C@H](CCC(N)=O)NC(=O)[C@H](Cc1cnc[nH]1)NC(=O)[C@H](Cc1cnc[nH]1)NC(=O)[C@@H](N)C(C)C)C(=O)N[C@H](C(=O)N[C@@H](Cc1ccccc1)C(=O)N[C@@H](Cc1ccccc1)C(=O)N[C@@H](C)C(=O)N[C@@H](CCC(=O)O)C(=O)N[C@@H](CC(=O)O)C(=O)N[C@H](C(N)=O)C(C)C)C(C)C. The maximum Gasteiger partial charge on any atom is 0.305 e. The molecule has 13 atom stereocenters. The number of nitrogens with two attached hydrogens (primary N) is 4. The number of primary amides is 2. The van der Waals surface area contributed by atoms with E-state index in [0.717, 1.165) is 0 Å². The number of carboxylic acid groups (broad SMARTS) is 2. The van der Waals surface area contributed by atoms with Crippen LogP contribution >= 0.6 is 0 Å². The lowest BCUT2D eigenvalue weighted by Gasteiger charge is -2.30. The molecule has 2 aromatic heterocycles. The number of unbranched alkanes of at least 4 members (excludes halogenated alkanes) is 1. The minimum absolute atomic E-state index is 0.0368. The van der Waals surface area contributed by atoms with Gasteiger partial charge < -0.3 is 107 Å². The van der Waals surface area contributed by atoms with Crippen molar-refractivity contribution >= 4 is 94.6 Å². The van der Waals surface area contributed by atoms with Gasteiger partial charge in [0.25, 0.3) is 0 Å². The second kappa shape index (κ2) is 46.7. The number of aromatic amines is 2. The molecule has 0 saturated heterocycles. The lowest BCUT2D eigenvalue weighted by Crippen LogP contribution is -2.62. The van der Waals surface area contributed by atoms with Gasteiger partial charge in [-0.3, -0.25) is 76.7 Å². The van der Waals surface area contributed by atoms with Crippen molar-refractivity contribution in [1.82, 2.24) is 83.7 Å². The molecule has 2 aromatic carbocycles. The van der Waals surface area contributed by atoms with Crippen LogP contribution in [0.15, 0.2) is 85.7 Å². The van der Waals surface area contributed by atoms with Gasteiger partial charge in [0.1, 0.15) is 72.5 Å². The van der Waals surface area contributed by atoms with E-state index in [0.29, 0.717) is 28.9 Å². The largest absolute Gasteiger partial charge is 0.481 e. The van der Waals surface area contributed by atoms with Crippen molar-refractivity contribution in [2.45, 2.75) is 224 Å². The van der Waals surface area contributed by atoms with E-state index in [-0.39, 0.29) is 63.3 Å². The number of imidazole rings is 2. The van der Waals surface area contributed by atoms with Crippen molar-refractivity contribution in [2.24, 2.45) is 46.6 Å². The van der Waals surface area contributed by atoms with E-state index in [1.165, 1.54) is 32.0 Å². The first-order chi connectivity index (χ1) is 52.9. The molecule has 0 spiro atoms. The van der Waals surface area contributed by atoms with Crippen molar-refractivity contribution in [3.63, 3.8) is 0 Å². The fourth-order valence-corrected chi connectivity index (χ4v) is 11.5. The second-order valence-corrected chi connectivity index (χ2v) is 28.8. The average molecular weight is 1570 g/mol. The van der Waals surface area contributed by atoms with Crippen molar-refractivity contribution in [3.05, 3.63) is 108 Å². The van der Waals surface area contributed by atoms with E-state index in [9.17, 15) is 86.9 Å². The minimum atomic E-state index is -1.86. The molecule has 0 aliphatic rings. The molecule has 24 N–H and O–H groups in total. The molecule has 0 saturated carbocycles. The molecule has 0 radical (unpaired) electrons. The van der Waals surface area contributed by atoms with Gasteiger partial charge in [-0.15, -0.1) is 0 Å². The third-order valence-corrected chi connectivity index (χ3v) is 17.9. The molecule has 112 heavy (non-hydrogen) atoms. The zero-order valence-corrected chi connectivity index (χ0v) is 64.4. The van der Waals surface area contributed by atoms with E-state index in [1.807, 2.05) is 0 Å². The molecular formula is C74H110N20O18. The highest BCUT2D eigenvalue weighted by Gasteiger charge is 2.39. The Morgan fingerprint density at radius 1 is 0.393 bits per heavy atom.